The first kappa shape index (κ1) is 16.7. The molecule has 118 valence electrons. The number of hydrogen-bond acceptors (Lipinski definition) is 4. The topological polar surface area (TPSA) is 68.3 Å². The van der Waals surface area contributed by atoms with Crippen molar-refractivity contribution < 1.29 is 13.2 Å². The molecule has 1 N–H and O–H groups in total. The van der Waals surface area contributed by atoms with Crippen molar-refractivity contribution in [1.29, 1.82) is 0 Å². The molecule has 0 aliphatic carbocycles. The Labute approximate surface area is 135 Å². The molecule has 0 atom stereocenters. The smallest absolute Gasteiger partial charge is 0.240 e. The van der Waals surface area contributed by atoms with Gasteiger partial charge >= 0.3 is 0 Å². The first-order chi connectivity index (χ1) is 10.4. The second-order valence-electron chi connectivity index (χ2n) is 4.94. The maximum atomic E-state index is 12.3. The summed E-state index contributed by atoms with van der Waals surface area (Å²) in [4.78, 5) is 3.98. The van der Waals surface area contributed by atoms with Crippen LogP contribution in [-0.4, -0.2) is 19.5 Å². The number of aromatic nitrogens is 1. The molecule has 0 radical (unpaired) electrons. The van der Waals surface area contributed by atoms with Gasteiger partial charge in [0.1, 0.15) is 5.75 Å². The van der Waals surface area contributed by atoms with Crippen LogP contribution in [-0.2, 0) is 16.6 Å². The predicted octanol–water partition coefficient (Wildman–Crippen LogP) is 3.00. The Kier molecular flexibility index (Phi) is 5.39. The summed E-state index contributed by atoms with van der Waals surface area (Å²) >= 11 is 6.07. The number of ether oxygens (including phenoxy) is 1. The summed E-state index contributed by atoms with van der Waals surface area (Å²) in [6.45, 7) is 3.93. The molecule has 22 heavy (non-hydrogen) atoms. The van der Waals surface area contributed by atoms with Gasteiger partial charge in [-0.1, -0.05) is 11.6 Å². The highest BCUT2D eigenvalue weighted by atomic mass is 35.5. The molecule has 1 heterocycles. The van der Waals surface area contributed by atoms with E-state index in [2.05, 4.69) is 9.71 Å². The van der Waals surface area contributed by atoms with E-state index in [1.807, 2.05) is 13.8 Å². The lowest BCUT2D eigenvalue weighted by Crippen LogP contribution is -2.23. The Morgan fingerprint density at radius 2 is 1.91 bits per heavy atom. The molecule has 2 aromatic rings. The molecule has 0 saturated heterocycles. The van der Waals surface area contributed by atoms with E-state index in [-0.39, 0.29) is 22.6 Å². The van der Waals surface area contributed by atoms with Crippen LogP contribution in [0.5, 0.6) is 5.75 Å². The normalized spacial score (nSPS) is 11.6. The zero-order valence-electron chi connectivity index (χ0n) is 12.3. The van der Waals surface area contributed by atoms with E-state index >= 15 is 0 Å². The van der Waals surface area contributed by atoms with Crippen molar-refractivity contribution in [3.05, 3.63) is 53.3 Å². The maximum Gasteiger partial charge on any atom is 0.240 e. The SMILES string of the molecule is CC(C)Oc1ccc(S(=O)(=O)NCc2ccncc2)cc1Cl. The van der Waals surface area contributed by atoms with Crippen molar-refractivity contribution in [2.75, 3.05) is 0 Å². The van der Waals surface area contributed by atoms with Crippen LogP contribution in [0.2, 0.25) is 5.02 Å². The van der Waals surface area contributed by atoms with Crippen LogP contribution in [0.1, 0.15) is 19.4 Å². The van der Waals surface area contributed by atoms with E-state index in [0.717, 1.165) is 5.56 Å². The van der Waals surface area contributed by atoms with E-state index in [9.17, 15) is 8.42 Å². The largest absolute Gasteiger partial charge is 0.489 e. The molecule has 0 aliphatic heterocycles. The Hall–Kier alpha value is -1.63. The Morgan fingerprint density at radius 1 is 1.23 bits per heavy atom. The molecule has 2 rings (SSSR count). The van der Waals surface area contributed by atoms with Gasteiger partial charge < -0.3 is 4.74 Å². The van der Waals surface area contributed by atoms with Crippen LogP contribution in [0.3, 0.4) is 0 Å². The number of hydrogen-bond donors (Lipinski definition) is 1. The predicted molar refractivity (Wildman–Crippen MR) is 85.5 cm³/mol. The zero-order chi connectivity index (χ0) is 16.2. The summed E-state index contributed by atoms with van der Waals surface area (Å²) in [5.41, 5.74) is 0.824. The van der Waals surface area contributed by atoms with Crippen LogP contribution in [0.15, 0.2) is 47.6 Å². The first-order valence-corrected chi connectivity index (χ1v) is 8.59. The summed E-state index contributed by atoms with van der Waals surface area (Å²) < 4.78 is 32.5. The molecule has 1 aromatic heterocycles. The highest BCUT2D eigenvalue weighted by molar-refractivity contribution is 7.89. The summed E-state index contributed by atoms with van der Waals surface area (Å²) in [6.07, 6.45) is 3.18. The lowest BCUT2D eigenvalue weighted by atomic mass is 10.3. The number of halogens is 1. The first-order valence-electron chi connectivity index (χ1n) is 6.73. The fourth-order valence-electron chi connectivity index (χ4n) is 1.76. The lowest BCUT2D eigenvalue weighted by molar-refractivity contribution is 0.242. The van der Waals surface area contributed by atoms with Crippen molar-refractivity contribution in [2.45, 2.75) is 31.4 Å². The standard InChI is InChI=1S/C15H17ClN2O3S/c1-11(2)21-15-4-3-13(9-14(15)16)22(19,20)18-10-12-5-7-17-8-6-12/h3-9,11,18H,10H2,1-2H3. The third-order valence-electron chi connectivity index (χ3n) is 2.79. The second-order valence-corrected chi connectivity index (χ2v) is 7.11. The summed E-state index contributed by atoms with van der Waals surface area (Å²) in [6, 6.07) is 7.90. The number of nitrogens with zero attached hydrogens (tertiary/aromatic N) is 1. The average Bonchev–Trinajstić information content (AvgIpc) is 2.48. The van der Waals surface area contributed by atoms with Crippen LogP contribution < -0.4 is 9.46 Å². The molecular weight excluding hydrogens is 324 g/mol. The lowest BCUT2D eigenvalue weighted by Gasteiger charge is -2.13. The van der Waals surface area contributed by atoms with E-state index < -0.39 is 10.0 Å². The van der Waals surface area contributed by atoms with Crippen molar-refractivity contribution in [2.24, 2.45) is 0 Å². The number of pyridine rings is 1. The number of benzene rings is 1. The summed E-state index contributed by atoms with van der Waals surface area (Å²) in [7, 11) is -3.64. The molecule has 0 amide bonds. The molecule has 0 saturated carbocycles. The summed E-state index contributed by atoms with van der Waals surface area (Å²) in [5, 5.41) is 0.264. The zero-order valence-corrected chi connectivity index (χ0v) is 13.9. The third kappa shape index (κ3) is 4.43. The monoisotopic (exact) mass is 340 g/mol. The molecule has 0 fully saturated rings. The van der Waals surface area contributed by atoms with Crippen LogP contribution in [0.4, 0.5) is 0 Å². The number of sulfonamides is 1. The van der Waals surface area contributed by atoms with Gasteiger partial charge in [-0.05, 0) is 49.7 Å². The molecule has 0 aliphatic rings. The van der Waals surface area contributed by atoms with Gasteiger partial charge in [-0.25, -0.2) is 13.1 Å². The van der Waals surface area contributed by atoms with E-state index in [4.69, 9.17) is 16.3 Å². The van der Waals surface area contributed by atoms with Crippen molar-refractivity contribution in [3.63, 3.8) is 0 Å². The highest BCUT2D eigenvalue weighted by Gasteiger charge is 2.16. The number of rotatable bonds is 6. The van der Waals surface area contributed by atoms with Crippen LogP contribution >= 0.6 is 11.6 Å². The molecule has 0 unspecified atom stereocenters. The minimum atomic E-state index is -3.64. The van der Waals surface area contributed by atoms with Crippen molar-refractivity contribution >= 4 is 21.6 Å². The van der Waals surface area contributed by atoms with Crippen molar-refractivity contribution in [1.82, 2.24) is 9.71 Å². The maximum absolute atomic E-state index is 12.3. The highest BCUT2D eigenvalue weighted by Crippen LogP contribution is 2.28. The quantitative estimate of drug-likeness (QED) is 0.877. The van der Waals surface area contributed by atoms with Crippen molar-refractivity contribution in [3.8, 4) is 5.75 Å². The molecule has 5 nitrogen and oxygen atoms in total. The van der Waals surface area contributed by atoms with Gasteiger partial charge in [0, 0.05) is 18.9 Å². The molecule has 1 aromatic carbocycles. The Morgan fingerprint density at radius 3 is 2.50 bits per heavy atom. The molecular formula is C15H17ClN2O3S. The van der Waals surface area contributed by atoms with Gasteiger partial charge in [0.25, 0.3) is 0 Å². The van der Waals surface area contributed by atoms with E-state index in [0.29, 0.717) is 5.75 Å². The minimum Gasteiger partial charge on any atom is -0.489 e. The van der Waals surface area contributed by atoms with E-state index in [1.165, 1.54) is 12.1 Å². The van der Waals surface area contributed by atoms with Gasteiger partial charge in [-0.2, -0.15) is 0 Å². The number of nitrogens with one attached hydrogen (secondary N) is 1. The van der Waals surface area contributed by atoms with Crippen LogP contribution in [0.25, 0.3) is 0 Å². The third-order valence-corrected chi connectivity index (χ3v) is 4.49. The fourth-order valence-corrected chi connectivity index (χ4v) is 3.09. The van der Waals surface area contributed by atoms with Gasteiger partial charge in [-0.15, -0.1) is 0 Å². The van der Waals surface area contributed by atoms with Gasteiger partial charge in [0.15, 0.2) is 0 Å². The molecule has 7 heteroatoms. The second kappa shape index (κ2) is 7.09. The Balaban J connectivity index is 2.14. The van der Waals surface area contributed by atoms with Crippen LogP contribution in [0, 0.1) is 0 Å². The van der Waals surface area contributed by atoms with Gasteiger partial charge in [0.2, 0.25) is 10.0 Å². The average molecular weight is 341 g/mol. The van der Waals surface area contributed by atoms with Gasteiger partial charge in [-0.3, -0.25) is 4.98 Å². The Bertz CT molecular complexity index is 734. The van der Waals surface area contributed by atoms with Gasteiger partial charge in [0.05, 0.1) is 16.0 Å². The minimum absolute atomic E-state index is 0.0372. The molecule has 0 spiro atoms. The molecule has 0 bridgehead atoms. The fraction of sp³-hybridized carbons (Fsp3) is 0.267. The summed E-state index contributed by atoms with van der Waals surface area (Å²) in [5.74, 6) is 0.463. The van der Waals surface area contributed by atoms with E-state index in [1.54, 1.807) is 30.6 Å².